The molecule has 20 heavy (non-hydrogen) atoms. The molecule has 0 bridgehead atoms. The second-order valence-corrected chi connectivity index (χ2v) is 3.88. The lowest BCUT2D eigenvalue weighted by Gasteiger charge is -2.07. The Bertz CT molecular complexity index is 477. The number of aliphatic hydroxyl groups is 2. The van der Waals surface area contributed by atoms with Crippen LogP contribution in [0.15, 0.2) is 30.3 Å². The Hall–Kier alpha value is -2.18. The van der Waals surface area contributed by atoms with Gasteiger partial charge in [-0.3, -0.25) is 4.79 Å². The summed E-state index contributed by atoms with van der Waals surface area (Å²) < 4.78 is 9.66. The minimum absolute atomic E-state index is 0.481. The van der Waals surface area contributed by atoms with Gasteiger partial charge in [0.25, 0.3) is 0 Å². The van der Waals surface area contributed by atoms with E-state index < -0.39 is 31.1 Å². The van der Waals surface area contributed by atoms with Gasteiger partial charge in [0, 0.05) is 6.08 Å². The van der Waals surface area contributed by atoms with Gasteiger partial charge in [0.2, 0.25) is 0 Å². The van der Waals surface area contributed by atoms with E-state index in [9.17, 15) is 14.7 Å². The zero-order valence-corrected chi connectivity index (χ0v) is 11.0. The van der Waals surface area contributed by atoms with Gasteiger partial charge in [-0.1, -0.05) is 12.1 Å². The van der Waals surface area contributed by atoms with Gasteiger partial charge in [0.05, 0.1) is 7.11 Å². The van der Waals surface area contributed by atoms with Crippen molar-refractivity contribution >= 4 is 17.8 Å². The Labute approximate surface area is 116 Å². The van der Waals surface area contributed by atoms with Gasteiger partial charge in [-0.25, -0.2) is 4.79 Å². The molecular formula is C14H16O6. The number of carbonyl (C=O) groups is 2. The predicted octanol–water partition coefficient (Wildman–Crippen LogP) is 0.174. The molecule has 1 aromatic carbocycles. The average Bonchev–Trinajstić information content (AvgIpc) is 2.50. The lowest BCUT2D eigenvalue weighted by atomic mass is 10.2. The maximum Gasteiger partial charge on any atom is 0.330 e. The van der Waals surface area contributed by atoms with Crippen molar-refractivity contribution in [2.24, 2.45) is 0 Å². The Morgan fingerprint density at radius 3 is 2.50 bits per heavy atom. The van der Waals surface area contributed by atoms with Crippen molar-refractivity contribution in [3.8, 4) is 5.75 Å². The highest BCUT2D eigenvalue weighted by molar-refractivity contribution is 5.88. The standard InChI is InChI=1S/C14H16O6/c1-19-11-5-2-10(3-6-11)4-7-14(18)20-9-13(17)12(16)8-15/h2-7,13,15,17H,8-9H2,1H3/b7-4+. The Balaban J connectivity index is 2.44. The van der Waals surface area contributed by atoms with E-state index in [1.807, 2.05) is 0 Å². The number of Topliss-reactive ketones (excluding diaryl/α,β-unsaturated/α-hetero) is 1. The van der Waals surface area contributed by atoms with Gasteiger partial charge >= 0.3 is 5.97 Å². The molecule has 1 unspecified atom stereocenters. The molecule has 0 amide bonds. The summed E-state index contributed by atoms with van der Waals surface area (Å²) in [7, 11) is 1.56. The molecule has 1 atom stereocenters. The van der Waals surface area contributed by atoms with E-state index in [1.54, 1.807) is 31.4 Å². The molecule has 108 valence electrons. The second kappa shape index (κ2) is 8.08. The molecule has 0 heterocycles. The summed E-state index contributed by atoms with van der Waals surface area (Å²) in [6.07, 6.45) is 1.21. The normalized spacial score (nSPS) is 12.2. The summed E-state index contributed by atoms with van der Waals surface area (Å²) in [6.45, 7) is -1.27. The van der Waals surface area contributed by atoms with Crippen LogP contribution in [-0.2, 0) is 14.3 Å². The summed E-state index contributed by atoms with van der Waals surface area (Å²) in [5.41, 5.74) is 0.773. The fourth-order valence-electron chi connectivity index (χ4n) is 1.29. The summed E-state index contributed by atoms with van der Waals surface area (Å²) in [5.74, 6) is -0.780. The zero-order valence-electron chi connectivity index (χ0n) is 11.0. The third-order valence-electron chi connectivity index (χ3n) is 2.44. The number of hydrogen-bond acceptors (Lipinski definition) is 6. The highest BCUT2D eigenvalue weighted by Gasteiger charge is 2.15. The van der Waals surface area contributed by atoms with Crippen LogP contribution in [0, 0.1) is 0 Å². The molecule has 2 N–H and O–H groups in total. The summed E-state index contributed by atoms with van der Waals surface area (Å²) in [4.78, 5) is 22.2. The number of benzene rings is 1. The lowest BCUT2D eigenvalue weighted by molar-refractivity contribution is -0.144. The molecule has 0 aromatic heterocycles. The molecule has 0 aliphatic heterocycles. The Morgan fingerprint density at radius 2 is 1.95 bits per heavy atom. The van der Waals surface area contributed by atoms with Crippen LogP contribution >= 0.6 is 0 Å². The van der Waals surface area contributed by atoms with Crippen molar-refractivity contribution in [3.05, 3.63) is 35.9 Å². The van der Waals surface area contributed by atoms with Gasteiger partial charge in [0.15, 0.2) is 5.78 Å². The van der Waals surface area contributed by atoms with E-state index in [-0.39, 0.29) is 0 Å². The molecule has 6 nitrogen and oxygen atoms in total. The number of ether oxygens (including phenoxy) is 2. The Kier molecular flexibility index (Phi) is 6.42. The number of methoxy groups -OCH3 is 1. The fourth-order valence-corrected chi connectivity index (χ4v) is 1.29. The summed E-state index contributed by atoms with van der Waals surface area (Å²) in [5, 5.41) is 17.7. The van der Waals surface area contributed by atoms with Crippen molar-refractivity contribution in [3.63, 3.8) is 0 Å². The van der Waals surface area contributed by atoms with Crippen LogP contribution in [0.3, 0.4) is 0 Å². The van der Waals surface area contributed by atoms with E-state index in [0.717, 1.165) is 5.56 Å². The summed E-state index contributed by atoms with van der Waals surface area (Å²) in [6, 6.07) is 7.00. The molecule has 0 saturated heterocycles. The van der Waals surface area contributed by atoms with Crippen LogP contribution in [-0.4, -0.2) is 48.4 Å². The first-order valence-corrected chi connectivity index (χ1v) is 5.87. The minimum atomic E-state index is -1.50. The highest BCUT2D eigenvalue weighted by atomic mass is 16.5. The maximum atomic E-state index is 11.3. The van der Waals surface area contributed by atoms with E-state index in [0.29, 0.717) is 5.75 Å². The molecular weight excluding hydrogens is 264 g/mol. The quantitative estimate of drug-likeness (QED) is 0.546. The largest absolute Gasteiger partial charge is 0.497 e. The SMILES string of the molecule is COc1ccc(/C=C/C(=O)OCC(O)C(=O)CO)cc1. The average molecular weight is 280 g/mol. The van der Waals surface area contributed by atoms with E-state index >= 15 is 0 Å². The van der Waals surface area contributed by atoms with Crippen molar-refractivity contribution < 1.29 is 29.3 Å². The number of carbonyl (C=O) groups excluding carboxylic acids is 2. The van der Waals surface area contributed by atoms with Crippen LogP contribution < -0.4 is 4.74 Å². The Morgan fingerprint density at radius 1 is 1.30 bits per heavy atom. The molecule has 0 radical (unpaired) electrons. The number of aliphatic hydroxyl groups excluding tert-OH is 2. The third-order valence-corrected chi connectivity index (χ3v) is 2.44. The molecule has 0 fully saturated rings. The van der Waals surface area contributed by atoms with Crippen LogP contribution in [0.5, 0.6) is 5.75 Å². The van der Waals surface area contributed by atoms with Crippen molar-refractivity contribution in [2.45, 2.75) is 6.10 Å². The lowest BCUT2D eigenvalue weighted by Crippen LogP contribution is -2.29. The molecule has 0 saturated carbocycles. The fraction of sp³-hybridized carbons (Fsp3) is 0.286. The predicted molar refractivity (Wildman–Crippen MR) is 71.1 cm³/mol. The van der Waals surface area contributed by atoms with Crippen molar-refractivity contribution in [2.75, 3.05) is 20.3 Å². The monoisotopic (exact) mass is 280 g/mol. The number of rotatable bonds is 7. The first-order valence-electron chi connectivity index (χ1n) is 5.87. The van der Waals surface area contributed by atoms with Gasteiger partial charge in [-0.05, 0) is 23.8 Å². The molecule has 1 aromatic rings. The van der Waals surface area contributed by atoms with Crippen molar-refractivity contribution in [1.82, 2.24) is 0 Å². The van der Waals surface area contributed by atoms with E-state index in [4.69, 9.17) is 9.84 Å². The van der Waals surface area contributed by atoms with E-state index in [1.165, 1.54) is 12.2 Å². The zero-order chi connectivity index (χ0) is 15.0. The van der Waals surface area contributed by atoms with Crippen LogP contribution in [0.25, 0.3) is 6.08 Å². The van der Waals surface area contributed by atoms with Crippen molar-refractivity contribution in [1.29, 1.82) is 0 Å². The van der Waals surface area contributed by atoms with Crippen LogP contribution in [0.2, 0.25) is 0 Å². The van der Waals surface area contributed by atoms with Crippen LogP contribution in [0.4, 0.5) is 0 Å². The van der Waals surface area contributed by atoms with Gasteiger partial charge in [-0.15, -0.1) is 0 Å². The van der Waals surface area contributed by atoms with E-state index in [2.05, 4.69) is 4.74 Å². The first kappa shape index (κ1) is 15.9. The number of ketones is 1. The molecule has 6 heteroatoms. The topological polar surface area (TPSA) is 93.1 Å². The molecule has 0 aliphatic carbocycles. The van der Waals surface area contributed by atoms with Crippen LogP contribution in [0.1, 0.15) is 5.56 Å². The minimum Gasteiger partial charge on any atom is -0.497 e. The molecule has 0 aliphatic rings. The number of hydrogen-bond donors (Lipinski definition) is 2. The number of esters is 1. The first-order chi connectivity index (χ1) is 9.56. The second-order valence-electron chi connectivity index (χ2n) is 3.88. The summed E-state index contributed by atoms with van der Waals surface area (Å²) >= 11 is 0. The third kappa shape index (κ3) is 5.21. The molecule has 0 spiro atoms. The van der Waals surface area contributed by atoms with Gasteiger partial charge in [-0.2, -0.15) is 0 Å². The molecule has 1 rings (SSSR count). The maximum absolute atomic E-state index is 11.3. The van der Waals surface area contributed by atoms with Gasteiger partial charge in [0.1, 0.15) is 25.1 Å². The highest BCUT2D eigenvalue weighted by Crippen LogP contribution is 2.12. The van der Waals surface area contributed by atoms with Gasteiger partial charge < -0.3 is 19.7 Å². The smallest absolute Gasteiger partial charge is 0.330 e.